The molecule has 1 amide bonds. The van der Waals surface area contributed by atoms with Crippen LogP contribution in [0.25, 0.3) is 0 Å². The van der Waals surface area contributed by atoms with Gasteiger partial charge in [0, 0.05) is 25.4 Å². The highest BCUT2D eigenvalue weighted by molar-refractivity contribution is 5.80. The van der Waals surface area contributed by atoms with Crippen LogP contribution in [0.4, 0.5) is 10.8 Å². The normalized spacial score (nSPS) is 18.9. The van der Waals surface area contributed by atoms with Gasteiger partial charge in [-0.2, -0.15) is 4.98 Å². The lowest BCUT2D eigenvalue weighted by Crippen LogP contribution is -2.48. The third-order valence-corrected chi connectivity index (χ3v) is 8.03. The molecule has 3 atom stereocenters. The maximum absolute atomic E-state index is 11.8. The molecule has 1 saturated heterocycles. The summed E-state index contributed by atoms with van der Waals surface area (Å²) < 4.78 is 11.7. The number of fused-ring (bicyclic) bond motifs is 1. The van der Waals surface area contributed by atoms with Gasteiger partial charge in [-0.05, 0) is 72.3 Å². The van der Waals surface area contributed by atoms with Gasteiger partial charge in [0.15, 0.2) is 5.82 Å². The number of nitrogens with zero attached hydrogens (tertiary/aromatic N) is 4. The first kappa shape index (κ1) is 28.7. The molecular weight excluding hydrogens is 500 g/mol. The van der Waals surface area contributed by atoms with E-state index in [1.807, 2.05) is 19.1 Å². The fraction of sp³-hybridized carbons (Fsp3) is 0.621. The zero-order valence-corrected chi connectivity index (χ0v) is 23.4. The lowest BCUT2D eigenvalue weighted by atomic mass is 9.84. The van der Waals surface area contributed by atoms with Crippen LogP contribution in [0, 0.1) is 24.7 Å². The molecule has 213 valence electrons. The summed E-state index contributed by atoms with van der Waals surface area (Å²) in [4.78, 5) is 31.2. The van der Waals surface area contributed by atoms with Crippen molar-refractivity contribution in [3.05, 3.63) is 41.6 Å². The van der Waals surface area contributed by atoms with Crippen LogP contribution in [0.15, 0.2) is 16.7 Å². The molecule has 0 bridgehead atoms. The molecular formula is C29H41N4O6. The number of benzene rings is 1. The Morgan fingerprint density at radius 2 is 1.90 bits per heavy atom. The van der Waals surface area contributed by atoms with Crippen LogP contribution in [-0.2, 0) is 24.2 Å². The highest BCUT2D eigenvalue weighted by Crippen LogP contribution is 2.33. The van der Waals surface area contributed by atoms with E-state index in [-0.39, 0.29) is 24.8 Å². The highest BCUT2D eigenvalue weighted by Gasteiger charge is 2.36. The summed E-state index contributed by atoms with van der Waals surface area (Å²) >= 11 is 0. The molecule has 3 heterocycles. The Morgan fingerprint density at radius 3 is 2.49 bits per heavy atom. The van der Waals surface area contributed by atoms with Gasteiger partial charge in [0.25, 0.3) is 0 Å². The zero-order chi connectivity index (χ0) is 28.3. The van der Waals surface area contributed by atoms with Crippen molar-refractivity contribution in [1.82, 2.24) is 15.0 Å². The van der Waals surface area contributed by atoms with E-state index in [9.17, 15) is 19.8 Å². The number of aliphatic carboxylic acids is 1. The molecule has 0 aliphatic carbocycles. The number of ether oxygens (including phenoxy) is 1. The van der Waals surface area contributed by atoms with Gasteiger partial charge in [0.2, 0.25) is 0 Å². The first-order valence-corrected chi connectivity index (χ1v) is 13.9. The van der Waals surface area contributed by atoms with E-state index >= 15 is 0 Å². The number of hydrogen-bond acceptors (Lipinski definition) is 7. The Hall–Kier alpha value is -3.30. The second kappa shape index (κ2) is 12.3. The molecule has 2 unspecified atom stereocenters. The number of carbonyl (C=O) groups is 2. The molecule has 1 aromatic carbocycles. The van der Waals surface area contributed by atoms with E-state index in [1.54, 1.807) is 0 Å². The third kappa shape index (κ3) is 6.83. The number of carboxylic acids is 1. The summed E-state index contributed by atoms with van der Waals surface area (Å²) in [5.41, 5.74) is 2.71. The quantitative estimate of drug-likeness (QED) is 0.426. The number of amides is 1. The molecule has 1 radical (unpaired) electrons. The van der Waals surface area contributed by atoms with Crippen molar-refractivity contribution >= 4 is 18.1 Å². The second-order valence-electron chi connectivity index (χ2n) is 11.5. The molecule has 1 aromatic heterocycles. The fourth-order valence-corrected chi connectivity index (χ4v) is 5.68. The van der Waals surface area contributed by atoms with Gasteiger partial charge >= 0.3 is 18.1 Å². The van der Waals surface area contributed by atoms with Gasteiger partial charge < -0.3 is 24.4 Å². The number of piperidine rings is 1. The molecule has 10 heteroatoms. The summed E-state index contributed by atoms with van der Waals surface area (Å²) in [6.45, 7) is 14.9. The van der Waals surface area contributed by atoms with Crippen LogP contribution in [0.2, 0.25) is 0 Å². The maximum Gasteiger partial charge on any atom is 0.408 e. The number of hydrogen-bond donors (Lipinski definition) is 2. The van der Waals surface area contributed by atoms with Gasteiger partial charge in [-0.3, -0.25) is 4.90 Å². The Kier molecular flexibility index (Phi) is 9.02. The summed E-state index contributed by atoms with van der Waals surface area (Å²) in [6, 6.07) is 3.38. The largest absolute Gasteiger partial charge is 0.494 e. The van der Waals surface area contributed by atoms with Crippen molar-refractivity contribution in [3.8, 4) is 5.75 Å². The number of carboxylic acid groups (broad SMARTS) is 2. The molecule has 10 nitrogen and oxygen atoms in total. The molecule has 39 heavy (non-hydrogen) atoms. The van der Waals surface area contributed by atoms with Crippen molar-refractivity contribution in [2.45, 2.75) is 78.3 Å². The second-order valence-corrected chi connectivity index (χ2v) is 11.5. The molecule has 4 rings (SSSR count). The molecule has 2 N–H and O–H groups in total. The SMILES string of the molecule is [CH2]C(C)Cc1cc(OCC[C@@H](C)C2CCN(c3nc(C(C)C)no3)CC2)cc2c1CC(C(=O)O)N(C(=O)O)C2. The molecule has 1 fully saturated rings. The van der Waals surface area contributed by atoms with Gasteiger partial charge in [0.05, 0.1) is 13.2 Å². The minimum Gasteiger partial charge on any atom is -0.494 e. The van der Waals surface area contributed by atoms with E-state index in [2.05, 4.69) is 42.7 Å². The zero-order valence-electron chi connectivity index (χ0n) is 23.4. The first-order valence-electron chi connectivity index (χ1n) is 13.9. The minimum absolute atomic E-state index is 0.0328. The van der Waals surface area contributed by atoms with Crippen LogP contribution < -0.4 is 9.64 Å². The average Bonchev–Trinajstić information content (AvgIpc) is 3.38. The van der Waals surface area contributed by atoms with Gasteiger partial charge in [-0.25, -0.2) is 9.59 Å². The van der Waals surface area contributed by atoms with E-state index in [0.29, 0.717) is 36.6 Å². The fourth-order valence-electron chi connectivity index (χ4n) is 5.68. The molecule has 2 aromatic rings. The summed E-state index contributed by atoms with van der Waals surface area (Å²) in [5, 5.41) is 23.3. The summed E-state index contributed by atoms with van der Waals surface area (Å²) in [7, 11) is 0. The number of aromatic nitrogens is 2. The van der Waals surface area contributed by atoms with Gasteiger partial charge in [0.1, 0.15) is 11.8 Å². The molecule has 0 spiro atoms. The predicted octanol–water partition coefficient (Wildman–Crippen LogP) is 5.02. The van der Waals surface area contributed by atoms with Crippen molar-refractivity contribution in [2.24, 2.45) is 17.8 Å². The third-order valence-electron chi connectivity index (χ3n) is 8.03. The van der Waals surface area contributed by atoms with E-state index < -0.39 is 18.1 Å². The van der Waals surface area contributed by atoms with E-state index in [1.165, 1.54) is 0 Å². The van der Waals surface area contributed by atoms with Crippen LogP contribution in [0.3, 0.4) is 0 Å². The molecule has 2 aliphatic rings. The Labute approximate surface area is 230 Å². The van der Waals surface area contributed by atoms with Crippen LogP contribution in [0.5, 0.6) is 5.75 Å². The van der Waals surface area contributed by atoms with Crippen LogP contribution in [-0.4, -0.2) is 63.1 Å². The Morgan fingerprint density at radius 1 is 1.18 bits per heavy atom. The lowest BCUT2D eigenvalue weighted by Gasteiger charge is -2.34. The number of rotatable bonds is 10. The van der Waals surface area contributed by atoms with Crippen molar-refractivity contribution in [3.63, 3.8) is 0 Å². The predicted molar refractivity (Wildman–Crippen MR) is 146 cm³/mol. The van der Waals surface area contributed by atoms with E-state index in [0.717, 1.165) is 59.8 Å². The minimum atomic E-state index is -1.23. The van der Waals surface area contributed by atoms with Crippen molar-refractivity contribution < 1.29 is 29.1 Å². The van der Waals surface area contributed by atoms with Crippen LogP contribution in [0.1, 0.15) is 75.4 Å². The molecule has 0 saturated carbocycles. The lowest BCUT2D eigenvalue weighted by molar-refractivity contribution is -0.143. The summed E-state index contributed by atoms with van der Waals surface area (Å²) in [5.74, 6) is 1.74. The average molecular weight is 542 g/mol. The Balaban J connectivity index is 1.36. The number of anilines is 1. The van der Waals surface area contributed by atoms with Gasteiger partial charge in [-0.1, -0.05) is 39.8 Å². The smallest absolute Gasteiger partial charge is 0.408 e. The first-order chi connectivity index (χ1) is 18.5. The Bertz CT molecular complexity index is 1150. The molecule has 2 aliphatic heterocycles. The monoisotopic (exact) mass is 541 g/mol. The van der Waals surface area contributed by atoms with Crippen molar-refractivity contribution in [1.29, 1.82) is 0 Å². The van der Waals surface area contributed by atoms with Gasteiger partial charge in [-0.15, -0.1) is 0 Å². The highest BCUT2D eigenvalue weighted by atomic mass is 16.5. The summed E-state index contributed by atoms with van der Waals surface area (Å²) in [6.07, 6.45) is 2.61. The topological polar surface area (TPSA) is 129 Å². The maximum atomic E-state index is 11.8. The standard InChI is InChI=1S/C29H41N4O6/c1-17(2)12-21-13-23(14-22-16-33(29(36)37)25(27(34)35)15-24(21)22)38-11-8-19(5)20-6-9-32(10-7-20)28-30-26(18(3)4)31-39-28/h13-14,17-20,25H,1,6-12,15-16H2,2-5H3,(H,34,35)(H,36,37)/t17?,19-,25?/m1/s1. The van der Waals surface area contributed by atoms with E-state index in [4.69, 9.17) is 9.26 Å². The van der Waals surface area contributed by atoms with Crippen LogP contribution >= 0.6 is 0 Å². The van der Waals surface area contributed by atoms with Crippen molar-refractivity contribution in [2.75, 3.05) is 24.6 Å².